The first-order valence-electron chi connectivity index (χ1n) is 3.56. The van der Waals surface area contributed by atoms with E-state index in [0.717, 1.165) is 18.4 Å². The zero-order chi connectivity index (χ0) is 7.35. The van der Waals surface area contributed by atoms with Gasteiger partial charge in [0.05, 0.1) is 0 Å². The quantitative estimate of drug-likeness (QED) is 0.387. The number of carbonyl (C=O) groups is 1. The highest BCUT2D eigenvalue weighted by atomic mass is 35.5. The fourth-order valence-electron chi connectivity index (χ4n) is 1.93. The molecule has 0 N–H and O–H groups in total. The van der Waals surface area contributed by atoms with E-state index in [1.165, 1.54) is 0 Å². The lowest BCUT2D eigenvalue weighted by Crippen LogP contribution is -2.49. The first-order chi connectivity index (χ1) is 4.65. The third-order valence-corrected chi connectivity index (χ3v) is 3.50. The third kappa shape index (κ3) is 0.485. The SMILES string of the molecule is C=C1CCC2CC(=O)C12Cl. The molecule has 2 heteroatoms. The van der Waals surface area contributed by atoms with Crippen molar-refractivity contribution in [2.45, 2.75) is 24.1 Å². The van der Waals surface area contributed by atoms with Crippen molar-refractivity contribution >= 4 is 17.4 Å². The van der Waals surface area contributed by atoms with Crippen molar-refractivity contribution in [3.63, 3.8) is 0 Å². The van der Waals surface area contributed by atoms with Gasteiger partial charge in [-0.2, -0.15) is 0 Å². The highest BCUT2D eigenvalue weighted by molar-refractivity contribution is 6.40. The Labute approximate surface area is 65.1 Å². The number of halogens is 1. The largest absolute Gasteiger partial charge is 0.297 e. The zero-order valence-corrected chi connectivity index (χ0v) is 6.45. The maximum atomic E-state index is 11.1. The summed E-state index contributed by atoms with van der Waals surface area (Å²) in [5, 5.41) is 0. The monoisotopic (exact) mass is 156 g/mol. The Morgan fingerprint density at radius 2 is 2.40 bits per heavy atom. The van der Waals surface area contributed by atoms with Gasteiger partial charge in [-0.3, -0.25) is 4.79 Å². The van der Waals surface area contributed by atoms with Crippen molar-refractivity contribution in [2.75, 3.05) is 0 Å². The number of carbonyl (C=O) groups excluding carboxylic acids is 1. The molecule has 2 atom stereocenters. The van der Waals surface area contributed by atoms with Gasteiger partial charge in [-0.1, -0.05) is 6.58 Å². The van der Waals surface area contributed by atoms with Gasteiger partial charge in [0, 0.05) is 6.42 Å². The minimum Gasteiger partial charge on any atom is -0.297 e. The van der Waals surface area contributed by atoms with Gasteiger partial charge in [-0.25, -0.2) is 0 Å². The zero-order valence-electron chi connectivity index (χ0n) is 5.69. The molecular formula is C8H9ClO. The summed E-state index contributed by atoms with van der Waals surface area (Å²) < 4.78 is 0. The molecule has 0 spiro atoms. The van der Waals surface area contributed by atoms with Crippen LogP contribution in [-0.4, -0.2) is 10.7 Å². The second-order valence-electron chi connectivity index (χ2n) is 3.18. The van der Waals surface area contributed by atoms with Crippen LogP contribution in [0, 0.1) is 5.92 Å². The highest BCUT2D eigenvalue weighted by Crippen LogP contribution is 2.54. The van der Waals surface area contributed by atoms with Crippen LogP contribution in [0.5, 0.6) is 0 Å². The molecule has 0 aromatic carbocycles. The lowest BCUT2D eigenvalue weighted by atomic mass is 9.73. The molecule has 2 aliphatic rings. The molecule has 2 saturated carbocycles. The molecule has 0 heterocycles. The molecule has 2 aliphatic carbocycles. The van der Waals surface area contributed by atoms with Crippen LogP contribution < -0.4 is 0 Å². The van der Waals surface area contributed by atoms with Crippen LogP contribution >= 0.6 is 11.6 Å². The van der Waals surface area contributed by atoms with E-state index in [0.29, 0.717) is 12.3 Å². The molecule has 0 bridgehead atoms. The van der Waals surface area contributed by atoms with E-state index in [1.807, 2.05) is 0 Å². The molecular weight excluding hydrogens is 148 g/mol. The Morgan fingerprint density at radius 3 is 2.80 bits per heavy atom. The normalized spacial score (nSPS) is 45.1. The molecule has 2 fully saturated rings. The topological polar surface area (TPSA) is 17.1 Å². The molecule has 0 aromatic rings. The van der Waals surface area contributed by atoms with Crippen LogP contribution in [0.3, 0.4) is 0 Å². The van der Waals surface area contributed by atoms with Gasteiger partial charge in [0.2, 0.25) is 0 Å². The number of ketones is 1. The van der Waals surface area contributed by atoms with E-state index in [4.69, 9.17) is 11.6 Å². The van der Waals surface area contributed by atoms with Gasteiger partial charge < -0.3 is 0 Å². The summed E-state index contributed by atoms with van der Waals surface area (Å²) in [6.45, 7) is 3.81. The Hall–Kier alpha value is -0.300. The van der Waals surface area contributed by atoms with Crippen molar-refractivity contribution < 1.29 is 4.79 Å². The van der Waals surface area contributed by atoms with Gasteiger partial charge in [0.25, 0.3) is 0 Å². The fraction of sp³-hybridized carbons (Fsp3) is 0.625. The second-order valence-corrected chi connectivity index (χ2v) is 3.77. The van der Waals surface area contributed by atoms with Crippen LogP contribution in [0.25, 0.3) is 0 Å². The molecule has 0 radical (unpaired) electrons. The number of hydrogen-bond donors (Lipinski definition) is 0. The Balaban J connectivity index is 2.37. The van der Waals surface area contributed by atoms with Crippen LogP contribution in [-0.2, 0) is 4.79 Å². The smallest absolute Gasteiger partial charge is 0.158 e. The van der Waals surface area contributed by atoms with Crippen molar-refractivity contribution in [3.8, 4) is 0 Å². The summed E-state index contributed by atoms with van der Waals surface area (Å²) in [6, 6.07) is 0. The van der Waals surface area contributed by atoms with Crippen LogP contribution in [0.1, 0.15) is 19.3 Å². The number of alkyl halides is 1. The number of Topliss-reactive ketones (excluding diaryl/α,β-unsaturated/α-hetero) is 1. The van der Waals surface area contributed by atoms with Crippen LogP contribution in [0.15, 0.2) is 12.2 Å². The standard InChI is InChI=1S/C8H9ClO/c1-5-2-3-6-4-7(10)8(5,6)9/h6H,1-4H2. The Kier molecular flexibility index (Phi) is 1.06. The van der Waals surface area contributed by atoms with Crippen molar-refractivity contribution in [1.82, 2.24) is 0 Å². The van der Waals surface area contributed by atoms with Gasteiger partial charge in [0.15, 0.2) is 5.78 Å². The summed E-state index contributed by atoms with van der Waals surface area (Å²) in [7, 11) is 0. The first-order valence-corrected chi connectivity index (χ1v) is 3.94. The van der Waals surface area contributed by atoms with Crippen LogP contribution in [0.2, 0.25) is 0 Å². The van der Waals surface area contributed by atoms with E-state index < -0.39 is 4.87 Å². The maximum absolute atomic E-state index is 11.1. The molecule has 0 saturated heterocycles. The van der Waals surface area contributed by atoms with Crippen LogP contribution in [0.4, 0.5) is 0 Å². The predicted octanol–water partition coefficient (Wildman–Crippen LogP) is 1.90. The summed E-state index contributed by atoms with van der Waals surface area (Å²) in [5.41, 5.74) is 0.940. The Bertz CT molecular complexity index is 221. The van der Waals surface area contributed by atoms with E-state index in [-0.39, 0.29) is 5.78 Å². The first kappa shape index (κ1) is 6.41. The number of hydrogen-bond acceptors (Lipinski definition) is 1. The number of fused-ring (bicyclic) bond motifs is 1. The van der Waals surface area contributed by atoms with Crippen molar-refractivity contribution in [1.29, 1.82) is 0 Å². The average Bonchev–Trinajstić information content (AvgIpc) is 2.13. The molecule has 2 rings (SSSR count). The van der Waals surface area contributed by atoms with Gasteiger partial charge >= 0.3 is 0 Å². The molecule has 0 aliphatic heterocycles. The molecule has 0 amide bonds. The van der Waals surface area contributed by atoms with E-state index in [2.05, 4.69) is 6.58 Å². The van der Waals surface area contributed by atoms with E-state index in [1.54, 1.807) is 0 Å². The fourth-order valence-corrected chi connectivity index (χ4v) is 2.28. The van der Waals surface area contributed by atoms with Gasteiger partial charge in [0.1, 0.15) is 4.87 Å². The molecule has 54 valence electrons. The lowest BCUT2D eigenvalue weighted by molar-refractivity contribution is -0.128. The second kappa shape index (κ2) is 1.65. The Morgan fingerprint density at radius 1 is 1.70 bits per heavy atom. The average molecular weight is 157 g/mol. The molecule has 10 heavy (non-hydrogen) atoms. The summed E-state index contributed by atoms with van der Waals surface area (Å²) in [4.78, 5) is 10.4. The minimum absolute atomic E-state index is 0.182. The summed E-state index contributed by atoms with van der Waals surface area (Å²) >= 11 is 6.06. The molecule has 1 nitrogen and oxygen atoms in total. The van der Waals surface area contributed by atoms with Crippen molar-refractivity contribution in [2.24, 2.45) is 5.92 Å². The molecule has 2 unspecified atom stereocenters. The minimum atomic E-state index is -0.611. The highest BCUT2D eigenvalue weighted by Gasteiger charge is 2.58. The number of rotatable bonds is 0. The predicted molar refractivity (Wildman–Crippen MR) is 40.1 cm³/mol. The third-order valence-electron chi connectivity index (χ3n) is 2.71. The van der Waals surface area contributed by atoms with Gasteiger partial charge in [-0.15, -0.1) is 11.6 Å². The number of allylic oxidation sites excluding steroid dienone is 1. The summed E-state index contributed by atoms with van der Waals surface area (Å²) in [6.07, 6.45) is 2.69. The van der Waals surface area contributed by atoms with E-state index in [9.17, 15) is 4.79 Å². The van der Waals surface area contributed by atoms with Crippen molar-refractivity contribution in [3.05, 3.63) is 12.2 Å². The van der Waals surface area contributed by atoms with Gasteiger partial charge in [-0.05, 0) is 24.3 Å². The summed E-state index contributed by atoms with van der Waals surface area (Å²) in [5.74, 6) is 0.593. The maximum Gasteiger partial charge on any atom is 0.158 e. The molecule has 0 aromatic heterocycles. The lowest BCUT2D eigenvalue weighted by Gasteiger charge is -2.37. The van der Waals surface area contributed by atoms with E-state index >= 15 is 0 Å².